The van der Waals surface area contributed by atoms with E-state index in [4.69, 9.17) is 23.1 Å². The minimum atomic E-state index is -4.54. The smallest absolute Gasteiger partial charge is 0.394 e. The average Bonchev–Trinajstić information content (AvgIpc) is 2.75. The number of nitrogens with two attached hydrogens (primary N) is 2. The highest BCUT2D eigenvalue weighted by molar-refractivity contribution is 6.33. The Morgan fingerprint density at radius 2 is 2.00 bits per heavy atom. The number of aromatic amines is 1. The molecule has 1 fully saturated rings. The average molecular weight is 469 g/mol. The first-order valence-electron chi connectivity index (χ1n) is 9.50. The van der Waals surface area contributed by atoms with E-state index in [0.29, 0.717) is 17.9 Å². The van der Waals surface area contributed by atoms with Crippen LogP contribution in [0, 0.1) is 0 Å². The van der Waals surface area contributed by atoms with Gasteiger partial charge in [0.2, 0.25) is 0 Å². The van der Waals surface area contributed by atoms with Crippen molar-refractivity contribution >= 4 is 28.9 Å². The predicted molar refractivity (Wildman–Crippen MR) is 114 cm³/mol. The van der Waals surface area contributed by atoms with E-state index in [1.54, 1.807) is 4.90 Å². The van der Waals surface area contributed by atoms with Crippen LogP contribution in [0.1, 0.15) is 30.5 Å². The monoisotopic (exact) mass is 468 g/mol. The van der Waals surface area contributed by atoms with Gasteiger partial charge in [0.25, 0.3) is 11.5 Å². The normalized spacial score (nSPS) is 18.5. The van der Waals surface area contributed by atoms with Crippen molar-refractivity contribution in [2.75, 3.05) is 18.0 Å². The minimum Gasteiger partial charge on any atom is -0.394 e. The largest absolute Gasteiger partial charge is 0.416 e. The molecule has 0 radical (unpaired) electrons. The molecule has 1 aliphatic heterocycles. The molecule has 32 heavy (non-hydrogen) atoms. The van der Waals surface area contributed by atoms with Crippen LogP contribution in [0.25, 0.3) is 0 Å². The third-order valence-corrected chi connectivity index (χ3v) is 5.46. The Morgan fingerprint density at radius 1 is 1.31 bits per heavy atom. The number of hydrogen-bond acceptors (Lipinski definition) is 6. The molecule has 1 saturated heterocycles. The molecule has 3 rings (SSSR count). The van der Waals surface area contributed by atoms with Gasteiger partial charge in [-0.3, -0.25) is 14.6 Å². The maximum atomic E-state index is 13.4. The van der Waals surface area contributed by atoms with E-state index in [1.165, 1.54) is 31.3 Å². The van der Waals surface area contributed by atoms with Crippen LogP contribution in [-0.2, 0) is 11.0 Å². The van der Waals surface area contributed by atoms with Crippen LogP contribution in [0.2, 0.25) is 5.02 Å². The SMILES string of the molecule is CC(N=C1CCN(c2cn[nH]c(=O)c2Cl)CC1=C(N)C(N)=O)c1ccccc1C(F)(F)F. The molecule has 1 aromatic carbocycles. The summed E-state index contributed by atoms with van der Waals surface area (Å²) in [4.78, 5) is 29.7. The standard InChI is InChI=1S/C20H20ClF3N6O2/c1-10(11-4-2-3-5-13(11)20(22,23)24)28-14-6-7-30(9-12(14)17(25)18(26)31)15-8-27-29-19(32)16(15)21/h2-5,8,10H,6-7,9,25H2,1H3,(H2,26,31)(H,29,32). The number of carbonyl (C=O) groups excluding carboxylic acids is 1. The quantitative estimate of drug-likeness (QED) is 0.593. The van der Waals surface area contributed by atoms with E-state index in [9.17, 15) is 22.8 Å². The lowest BCUT2D eigenvalue weighted by atomic mass is 9.97. The molecule has 8 nitrogen and oxygen atoms in total. The molecule has 0 saturated carbocycles. The molecule has 0 aliphatic carbocycles. The molecule has 12 heteroatoms. The second-order valence-corrected chi connectivity index (χ2v) is 7.54. The van der Waals surface area contributed by atoms with Gasteiger partial charge in [0.05, 0.1) is 23.5 Å². The Kier molecular flexibility index (Phi) is 6.58. The van der Waals surface area contributed by atoms with Gasteiger partial charge in [0.15, 0.2) is 0 Å². The summed E-state index contributed by atoms with van der Waals surface area (Å²) in [6, 6.07) is 4.29. The number of nitrogens with zero attached hydrogens (tertiary/aromatic N) is 3. The fraction of sp³-hybridized carbons (Fsp3) is 0.300. The van der Waals surface area contributed by atoms with Crippen molar-refractivity contribution in [3.05, 3.63) is 68.2 Å². The number of aromatic nitrogens is 2. The Bertz CT molecular complexity index is 1160. The molecular weight excluding hydrogens is 449 g/mol. The summed E-state index contributed by atoms with van der Waals surface area (Å²) in [6.45, 7) is 1.86. The molecule has 1 atom stereocenters. The van der Waals surface area contributed by atoms with Crippen molar-refractivity contribution < 1.29 is 18.0 Å². The summed E-state index contributed by atoms with van der Waals surface area (Å²) in [7, 11) is 0. The van der Waals surface area contributed by atoms with Gasteiger partial charge < -0.3 is 16.4 Å². The number of hydrogen-bond donors (Lipinski definition) is 3. The number of primary amides is 1. The number of alkyl halides is 3. The summed E-state index contributed by atoms with van der Waals surface area (Å²) in [5, 5.41) is 5.84. The molecule has 2 heterocycles. The molecule has 0 spiro atoms. The number of H-pyrrole nitrogens is 1. The van der Waals surface area contributed by atoms with Crippen molar-refractivity contribution in [2.24, 2.45) is 16.5 Å². The topological polar surface area (TPSA) is 130 Å². The third-order valence-electron chi connectivity index (χ3n) is 5.09. The maximum absolute atomic E-state index is 13.4. The zero-order chi connectivity index (χ0) is 23.6. The molecule has 170 valence electrons. The number of carbonyl (C=O) groups is 1. The van der Waals surface area contributed by atoms with E-state index < -0.39 is 29.2 Å². The van der Waals surface area contributed by atoms with Crippen LogP contribution in [0.4, 0.5) is 18.9 Å². The summed E-state index contributed by atoms with van der Waals surface area (Å²) < 4.78 is 40.2. The number of anilines is 1. The Morgan fingerprint density at radius 3 is 2.66 bits per heavy atom. The first-order valence-corrected chi connectivity index (χ1v) is 9.88. The summed E-state index contributed by atoms with van der Waals surface area (Å²) in [5.74, 6) is -0.895. The zero-order valence-electron chi connectivity index (χ0n) is 16.9. The number of nitrogens with one attached hydrogen (secondary N) is 1. The molecule has 0 bridgehead atoms. The first kappa shape index (κ1) is 23.3. The van der Waals surface area contributed by atoms with E-state index in [2.05, 4.69) is 15.2 Å². The maximum Gasteiger partial charge on any atom is 0.416 e. The van der Waals surface area contributed by atoms with Crippen LogP contribution in [-0.4, -0.2) is 34.9 Å². The molecule has 1 aromatic heterocycles. The fourth-order valence-electron chi connectivity index (χ4n) is 3.51. The minimum absolute atomic E-state index is 0.00577. The van der Waals surface area contributed by atoms with Gasteiger partial charge in [-0.05, 0) is 18.6 Å². The number of benzene rings is 1. The van der Waals surface area contributed by atoms with Crippen LogP contribution in [0.15, 0.2) is 51.5 Å². The van der Waals surface area contributed by atoms with E-state index in [-0.39, 0.29) is 34.8 Å². The van der Waals surface area contributed by atoms with E-state index in [1.807, 2.05) is 0 Å². The van der Waals surface area contributed by atoms with Gasteiger partial charge in [-0.1, -0.05) is 29.8 Å². The molecule has 5 N–H and O–H groups in total. The van der Waals surface area contributed by atoms with Gasteiger partial charge in [-0.15, -0.1) is 0 Å². The number of piperidine rings is 1. The molecular formula is C20H20ClF3N6O2. The molecule has 1 aliphatic rings. The van der Waals surface area contributed by atoms with Gasteiger partial charge in [0.1, 0.15) is 10.7 Å². The number of aliphatic imine (C=N–C) groups is 1. The van der Waals surface area contributed by atoms with Crippen molar-refractivity contribution in [1.82, 2.24) is 10.2 Å². The van der Waals surface area contributed by atoms with Crippen molar-refractivity contribution in [1.29, 1.82) is 0 Å². The number of rotatable bonds is 4. The molecule has 2 aromatic rings. The second-order valence-electron chi connectivity index (χ2n) is 7.16. The summed E-state index contributed by atoms with van der Waals surface area (Å²) in [6.07, 6.45) is -2.96. The molecule has 1 unspecified atom stereocenters. The fourth-order valence-corrected chi connectivity index (χ4v) is 3.72. The van der Waals surface area contributed by atoms with Crippen molar-refractivity contribution in [3.63, 3.8) is 0 Å². The van der Waals surface area contributed by atoms with Gasteiger partial charge in [-0.25, -0.2) is 5.10 Å². The Labute approximate surface area is 185 Å². The highest BCUT2D eigenvalue weighted by atomic mass is 35.5. The number of amides is 1. The van der Waals surface area contributed by atoms with Crippen LogP contribution in [0.3, 0.4) is 0 Å². The second kappa shape index (κ2) is 9.03. The van der Waals surface area contributed by atoms with Crippen molar-refractivity contribution in [3.8, 4) is 0 Å². The van der Waals surface area contributed by atoms with E-state index in [0.717, 1.165) is 6.07 Å². The summed E-state index contributed by atoms with van der Waals surface area (Å²) in [5.41, 5.74) is 10.5. The predicted octanol–water partition coefficient (Wildman–Crippen LogP) is 2.55. The zero-order valence-corrected chi connectivity index (χ0v) is 17.7. The van der Waals surface area contributed by atoms with Crippen LogP contribution < -0.4 is 21.9 Å². The van der Waals surface area contributed by atoms with E-state index >= 15 is 0 Å². The van der Waals surface area contributed by atoms with Gasteiger partial charge >= 0.3 is 6.18 Å². The highest BCUT2D eigenvalue weighted by Crippen LogP contribution is 2.36. The Balaban J connectivity index is 2.01. The Hall–Kier alpha value is -3.34. The third kappa shape index (κ3) is 4.77. The van der Waals surface area contributed by atoms with Crippen LogP contribution >= 0.6 is 11.6 Å². The van der Waals surface area contributed by atoms with Crippen LogP contribution in [0.5, 0.6) is 0 Å². The van der Waals surface area contributed by atoms with Gasteiger partial charge in [-0.2, -0.15) is 18.3 Å². The highest BCUT2D eigenvalue weighted by Gasteiger charge is 2.34. The molecule has 1 amide bonds. The lowest BCUT2D eigenvalue weighted by Crippen LogP contribution is -2.40. The lowest BCUT2D eigenvalue weighted by Gasteiger charge is -2.32. The van der Waals surface area contributed by atoms with Crippen molar-refractivity contribution in [2.45, 2.75) is 25.6 Å². The number of halogens is 4. The van der Waals surface area contributed by atoms with Gasteiger partial charge in [0, 0.05) is 30.8 Å². The summed E-state index contributed by atoms with van der Waals surface area (Å²) >= 11 is 6.08. The first-order chi connectivity index (χ1) is 15.0. The lowest BCUT2D eigenvalue weighted by molar-refractivity contribution is -0.138.